The minimum atomic E-state index is -1.05. The molecule has 0 bridgehead atoms. The van der Waals surface area contributed by atoms with Gasteiger partial charge in [0.2, 0.25) is 0 Å². The molecule has 1 heterocycles. The Balaban J connectivity index is 1.95. The van der Waals surface area contributed by atoms with Crippen LogP contribution in [0, 0.1) is 22.5 Å². The second-order valence-corrected chi connectivity index (χ2v) is 7.89. The van der Waals surface area contributed by atoms with Crippen LogP contribution >= 0.6 is 0 Å². The highest BCUT2D eigenvalue weighted by molar-refractivity contribution is 5.76. The summed E-state index contributed by atoms with van der Waals surface area (Å²) in [7, 11) is 0. The van der Waals surface area contributed by atoms with Gasteiger partial charge >= 0.3 is 5.97 Å². The zero-order chi connectivity index (χ0) is 22.9. The first kappa shape index (κ1) is 23.9. The average molecular weight is 446 g/mol. The van der Waals surface area contributed by atoms with E-state index in [-0.39, 0.29) is 30.6 Å². The Bertz CT molecular complexity index is 871. The van der Waals surface area contributed by atoms with Crippen molar-refractivity contribution in [1.29, 1.82) is 0 Å². The number of carbonyl (C=O) groups excluding carboxylic acids is 1. The van der Waals surface area contributed by atoms with E-state index in [4.69, 9.17) is 9.47 Å². The third kappa shape index (κ3) is 6.40. The number of nitrogens with zero attached hydrogens (tertiary/aromatic N) is 2. The van der Waals surface area contributed by atoms with E-state index in [1.165, 1.54) is 0 Å². The summed E-state index contributed by atoms with van der Waals surface area (Å²) >= 11 is 0. The number of ether oxygens (including phenoxy) is 2. The van der Waals surface area contributed by atoms with Gasteiger partial charge in [-0.15, -0.1) is 0 Å². The van der Waals surface area contributed by atoms with Crippen molar-refractivity contribution in [2.45, 2.75) is 38.4 Å². The molecule has 1 aliphatic heterocycles. The van der Waals surface area contributed by atoms with Crippen molar-refractivity contribution in [3.05, 3.63) is 76.2 Å². The van der Waals surface area contributed by atoms with Gasteiger partial charge in [0.1, 0.15) is 23.7 Å². The molecule has 1 saturated heterocycles. The molecular formula is C24H28F2N2O4. The van der Waals surface area contributed by atoms with E-state index in [0.29, 0.717) is 32.6 Å². The van der Waals surface area contributed by atoms with Crippen molar-refractivity contribution >= 4 is 5.97 Å². The maximum Gasteiger partial charge on any atom is 0.323 e. The summed E-state index contributed by atoms with van der Waals surface area (Å²) in [5.74, 6) is -1.99. The average Bonchev–Trinajstić information content (AvgIpc) is 2.78. The lowest BCUT2D eigenvalue weighted by Crippen LogP contribution is -2.49. The van der Waals surface area contributed by atoms with Crippen LogP contribution in [-0.4, -0.2) is 43.3 Å². The fraction of sp³-hybridized carbons (Fsp3) is 0.458. The van der Waals surface area contributed by atoms with Gasteiger partial charge in [-0.3, -0.25) is 9.69 Å². The van der Waals surface area contributed by atoms with Crippen LogP contribution in [0.3, 0.4) is 0 Å². The molecule has 172 valence electrons. The Morgan fingerprint density at radius 2 is 1.81 bits per heavy atom. The van der Waals surface area contributed by atoms with Gasteiger partial charge in [-0.25, -0.2) is 8.78 Å². The highest BCUT2D eigenvalue weighted by Crippen LogP contribution is 2.29. The first-order valence-corrected chi connectivity index (χ1v) is 10.8. The minimum absolute atomic E-state index is 0.0160. The maximum absolute atomic E-state index is 13.8. The molecule has 0 radical (unpaired) electrons. The van der Waals surface area contributed by atoms with Crippen LogP contribution in [0.2, 0.25) is 0 Å². The molecule has 1 aliphatic rings. The van der Waals surface area contributed by atoms with Crippen LogP contribution in [0.15, 0.2) is 53.7 Å². The molecule has 32 heavy (non-hydrogen) atoms. The number of halogens is 2. The predicted octanol–water partition coefficient (Wildman–Crippen LogP) is 4.63. The fourth-order valence-electron chi connectivity index (χ4n) is 4.18. The quantitative estimate of drug-likeness (QED) is 0.393. The molecule has 0 aliphatic carbocycles. The van der Waals surface area contributed by atoms with Crippen LogP contribution in [0.4, 0.5) is 8.78 Å². The zero-order valence-corrected chi connectivity index (χ0v) is 18.1. The van der Waals surface area contributed by atoms with Crippen LogP contribution in [0.1, 0.15) is 36.9 Å². The largest absolute Gasteiger partial charge is 0.465 e. The summed E-state index contributed by atoms with van der Waals surface area (Å²) in [6, 6.07) is 10.8. The fourth-order valence-corrected chi connectivity index (χ4v) is 4.18. The Labute approximate surface area is 186 Å². The first-order valence-electron chi connectivity index (χ1n) is 10.8. The maximum atomic E-state index is 13.8. The van der Waals surface area contributed by atoms with Gasteiger partial charge in [0.25, 0.3) is 0 Å². The number of rotatable bonds is 10. The summed E-state index contributed by atoms with van der Waals surface area (Å²) in [6.07, 6.45) is 1.34. The monoisotopic (exact) mass is 446 g/mol. The van der Waals surface area contributed by atoms with E-state index < -0.39 is 23.7 Å². The molecular weight excluding hydrogens is 418 g/mol. The second-order valence-electron chi connectivity index (χ2n) is 7.89. The molecule has 0 spiro atoms. The normalized spacial score (nSPS) is 16.5. The van der Waals surface area contributed by atoms with Crippen molar-refractivity contribution in [1.82, 2.24) is 4.90 Å². The number of hydrogen-bond donors (Lipinski definition) is 0. The molecule has 2 aromatic rings. The third-order valence-corrected chi connectivity index (χ3v) is 5.67. The number of benzene rings is 2. The third-order valence-electron chi connectivity index (χ3n) is 5.67. The Morgan fingerprint density at radius 3 is 2.41 bits per heavy atom. The lowest BCUT2D eigenvalue weighted by Gasteiger charge is -2.38. The summed E-state index contributed by atoms with van der Waals surface area (Å²) in [6.45, 7) is 3.40. The topological polar surface area (TPSA) is 68.2 Å². The number of hydrogen-bond acceptors (Lipinski definition) is 6. The molecule has 6 nitrogen and oxygen atoms in total. The predicted molar refractivity (Wildman–Crippen MR) is 116 cm³/mol. The van der Waals surface area contributed by atoms with Crippen molar-refractivity contribution in [3.8, 4) is 0 Å². The van der Waals surface area contributed by atoms with Crippen molar-refractivity contribution in [2.24, 2.45) is 11.1 Å². The van der Waals surface area contributed by atoms with E-state index in [0.717, 1.165) is 23.8 Å². The highest BCUT2D eigenvalue weighted by Gasteiger charge is 2.37. The SMILES string of the molecule is CCOC(=O)C(C1CCOCC1)N(Cc1ccccc1)CC(N=O)c1cc(F)cc(F)c1. The standard InChI is InChI=1S/C24H28F2N2O4/c1-2-32-24(29)23(18-8-10-31-11-9-18)28(15-17-6-4-3-5-7-17)16-22(27-30)19-12-20(25)14-21(26)13-19/h3-7,12-14,18,22-23H,2,8-11,15-16H2,1H3. The van der Waals surface area contributed by atoms with Gasteiger partial charge in [0.05, 0.1) is 6.61 Å². The van der Waals surface area contributed by atoms with Gasteiger partial charge in [-0.1, -0.05) is 35.5 Å². The van der Waals surface area contributed by atoms with Gasteiger partial charge in [0, 0.05) is 32.4 Å². The van der Waals surface area contributed by atoms with E-state index >= 15 is 0 Å². The molecule has 8 heteroatoms. The molecule has 0 amide bonds. The molecule has 0 aromatic heterocycles. The van der Waals surface area contributed by atoms with E-state index in [1.54, 1.807) is 6.92 Å². The molecule has 0 saturated carbocycles. The van der Waals surface area contributed by atoms with Crippen LogP contribution in [0.25, 0.3) is 0 Å². The molecule has 1 fully saturated rings. The van der Waals surface area contributed by atoms with Gasteiger partial charge in [-0.05, 0) is 48.9 Å². The highest BCUT2D eigenvalue weighted by atomic mass is 19.1. The lowest BCUT2D eigenvalue weighted by molar-refractivity contribution is -0.154. The van der Waals surface area contributed by atoms with Crippen LogP contribution < -0.4 is 0 Å². The molecule has 2 unspecified atom stereocenters. The summed E-state index contributed by atoms with van der Waals surface area (Å²) in [5, 5.41) is 3.15. The summed E-state index contributed by atoms with van der Waals surface area (Å²) < 4.78 is 38.5. The second kappa shape index (κ2) is 11.8. The lowest BCUT2D eigenvalue weighted by atomic mass is 9.89. The first-order chi connectivity index (χ1) is 15.5. The van der Waals surface area contributed by atoms with Gasteiger partial charge < -0.3 is 9.47 Å². The molecule has 3 rings (SSSR count). The van der Waals surface area contributed by atoms with Gasteiger partial charge in [-0.2, -0.15) is 4.91 Å². The Morgan fingerprint density at radius 1 is 1.16 bits per heavy atom. The summed E-state index contributed by atoms with van der Waals surface area (Å²) in [5.41, 5.74) is 1.06. The number of carbonyl (C=O) groups is 1. The molecule has 0 N–H and O–H groups in total. The van der Waals surface area contributed by atoms with Crippen LogP contribution in [0.5, 0.6) is 0 Å². The smallest absolute Gasteiger partial charge is 0.323 e. The van der Waals surface area contributed by atoms with Crippen molar-refractivity contribution in [3.63, 3.8) is 0 Å². The van der Waals surface area contributed by atoms with Gasteiger partial charge in [0.15, 0.2) is 0 Å². The number of esters is 1. The Kier molecular flexibility index (Phi) is 8.81. The number of nitroso groups, excluding NO2 is 1. The zero-order valence-electron chi connectivity index (χ0n) is 18.1. The van der Waals surface area contributed by atoms with Crippen molar-refractivity contribution in [2.75, 3.05) is 26.4 Å². The molecule has 2 atom stereocenters. The van der Waals surface area contributed by atoms with Crippen LogP contribution in [-0.2, 0) is 20.8 Å². The van der Waals surface area contributed by atoms with Crippen molar-refractivity contribution < 1.29 is 23.0 Å². The minimum Gasteiger partial charge on any atom is -0.465 e. The summed E-state index contributed by atoms with van der Waals surface area (Å²) in [4.78, 5) is 26.7. The van der Waals surface area contributed by atoms with E-state index in [1.807, 2.05) is 35.2 Å². The van der Waals surface area contributed by atoms with E-state index in [2.05, 4.69) is 5.18 Å². The van der Waals surface area contributed by atoms with E-state index in [9.17, 15) is 18.5 Å². The Hall–Kier alpha value is -2.71. The molecule has 2 aromatic carbocycles.